The molecule has 1 saturated heterocycles. The highest BCUT2D eigenvalue weighted by Gasteiger charge is 2.30. The van der Waals surface area contributed by atoms with Gasteiger partial charge in [-0.3, -0.25) is 9.36 Å². The van der Waals surface area contributed by atoms with Crippen molar-refractivity contribution in [1.82, 2.24) is 9.55 Å². The monoisotopic (exact) mass is 384 g/mol. The first-order valence-corrected chi connectivity index (χ1v) is 9.66. The molecule has 7 nitrogen and oxygen atoms in total. The summed E-state index contributed by atoms with van der Waals surface area (Å²) in [6.45, 7) is 11.7. The second-order valence-corrected chi connectivity index (χ2v) is 8.23. The van der Waals surface area contributed by atoms with Crippen LogP contribution in [0.25, 0.3) is 4.85 Å². The van der Waals surface area contributed by atoms with Crippen LogP contribution in [0.4, 0.5) is 17.5 Å². The summed E-state index contributed by atoms with van der Waals surface area (Å²) in [7, 11) is 1.71. The Morgan fingerprint density at radius 1 is 1.33 bits per heavy atom. The molecule has 1 aliphatic heterocycles. The third kappa shape index (κ3) is 3.80. The fourth-order valence-electron chi connectivity index (χ4n) is 3.16. The van der Waals surface area contributed by atoms with Crippen LogP contribution in [0, 0.1) is 12.0 Å². The van der Waals surface area contributed by atoms with Gasteiger partial charge in [0.05, 0.1) is 6.57 Å². The second-order valence-electron chi connectivity index (χ2n) is 7.17. The number of hydrogen-bond donors (Lipinski definition) is 2. The summed E-state index contributed by atoms with van der Waals surface area (Å²) in [5.74, 6) is 0.782. The molecular weight excluding hydrogens is 360 g/mol. The normalized spacial score (nSPS) is 16.1. The molecule has 0 radical (unpaired) electrons. The fraction of sp³-hybridized carbons (Fsp3) is 0.421. The van der Waals surface area contributed by atoms with Crippen LogP contribution in [0.1, 0.15) is 19.8 Å². The number of nitrogen functional groups attached to an aromatic ring is 1. The Bertz CT molecular complexity index is 940. The quantitative estimate of drug-likeness (QED) is 0.787. The molecule has 4 N–H and O–H groups in total. The lowest BCUT2D eigenvalue weighted by Gasteiger charge is -2.39. The van der Waals surface area contributed by atoms with Crippen molar-refractivity contribution >= 4 is 29.2 Å². The molecule has 0 amide bonds. The number of piperidine rings is 1. The highest BCUT2D eigenvalue weighted by atomic mass is 32.2. The number of benzene rings is 1. The van der Waals surface area contributed by atoms with Gasteiger partial charge in [-0.05, 0) is 24.8 Å². The molecule has 3 rings (SSSR count). The summed E-state index contributed by atoms with van der Waals surface area (Å²) < 4.78 is 1.55. The molecule has 27 heavy (non-hydrogen) atoms. The van der Waals surface area contributed by atoms with Crippen molar-refractivity contribution < 1.29 is 0 Å². The maximum atomic E-state index is 12.9. The van der Waals surface area contributed by atoms with Crippen molar-refractivity contribution in [3.8, 4) is 0 Å². The molecule has 0 aliphatic carbocycles. The van der Waals surface area contributed by atoms with Crippen LogP contribution in [-0.4, -0.2) is 29.2 Å². The molecule has 2 aromatic rings. The number of rotatable bonds is 4. The number of nitrogens with two attached hydrogens (primary N) is 2. The Labute approximate surface area is 163 Å². The van der Waals surface area contributed by atoms with Crippen LogP contribution in [0.5, 0.6) is 0 Å². The van der Waals surface area contributed by atoms with E-state index in [2.05, 4.69) is 21.7 Å². The SMILES string of the molecule is [C-]#[N+]c1ccccc1Sc1c(N)nc(N2CCC(C)(CN)CC2)n(C)c1=O. The summed E-state index contributed by atoms with van der Waals surface area (Å²) in [4.78, 5) is 24.1. The molecule has 1 aromatic carbocycles. The molecule has 1 aliphatic rings. The van der Waals surface area contributed by atoms with E-state index in [9.17, 15) is 4.79 Å². The minimum absolute atomic E-state index is 0.139. The Kier molecular flexibility index (Phi) is 5.44. The predicted molar refractivity (Wildman–Crippen MR) is 109 cm³/mol. The van der Waals surface area contributed by atoms with E-state index in [4.69, 9.17) is 18.0 Å². The molecule has 142 valence electrons. The van der Waals surface area contributed by atoms with E-state index in [1.807, 2.05) is 12.1 Å². The van der Waals surface area contributed by atoms with E-state index in [-0.39, 0.29) is 16.8 Å². The van der Waals surface area contributed by atoms with E-state index in [0.717, 1.165) is 25.9 Å². The van der Waals surface area contributed by atoms with Crippen molar-refractivity contribution in [2.24, 2.45) is 18.2 Å². The smallest absolute Gasteiger partial charge is 0.270 e. The molecule has 0 unspecified atom stereocenters. The number of hydrogen-bond acceptors (Lipinski definition) is 6. The van der Waals surface area contributed by atoms with Crippen molar-refractivity contribution in [3.05, 3.63) is 46.0 Å². The number of aromatic nitrogens is 2. The largest absolute Gasteiger partial charge is 0.382 e. The molecule has 1 aromatic heterocycles. The molecule has 0 spiro atoms. The van der Waals surface area contributed by atoms with Crippen molar-refractivity contribution in [2.75, 3.05) is 30.3 Å². The minimum Gasteiger partial charge on any atom is -0.382 e. The van der Waals surface area contributed by atoms with Crippen LogP contribution in [0.15, 0.2) is 38.9 Å². The Morgan fingerprint density at radius 2 is 2.00 bits per heavy atom. The zero-order chi connectivity index (χ0) is 19.6. The average Bonchev–Trinajstić information content (AvgIpc) is 2.69. The van der Waals surface area contributed by atoms with Crippen LogP contribution in [-0.2, 0) is 7.05 Å². The molecule has 0 bridgehead atoms. The van der Waals surface area contributed by atoms with Gasteiger partial charge in [-0.1, -0.05) is 43.0 Å². The summed E-state index contributed by atoms with van der Waals surface area (Å²) in [5, 5.41) is 0. The second kappa shape index (κ2) is 7.62. The summed E-state index contributed by atoms with van der Waals surface area (Å²) >= 11 is 1.20. The zero-order valence-corrected chi connectivity index (χ0v) is 16.4. The van der Waals surface area contributed by atoms with Gasteiger partial charge < -0.3 is 16.4 Å². The van der Waals surface area contributed by atoms with Gasteiger partial charge in [0, 0.05) is 25.0 Å². The van der Waals surface area contributed by atoms with Gasteiger partial charge in [0.15, 0.2) is 0 Å². The third-order valence-electron chi connectivity index (χ3n) is 5.20. The van der Waals surface area contributed by atoms with Gasteiger partial charge >= 0.3 is 0 Å². The first kappa shape index (κ1) is 19.3. The number of anilines is 2. The Balaban J connectivity index is 1.91. The van der Waals surface area contributed by atoms with Gasteiger partial charge in [0.1, 0.15) is 10.7 Å². The zero-order valence-electron chi connectivity index (χ0n) is 15.6. The maximum Gasteiger partial charge on any atom is 0.270 e. The lowest BCUT2D eigenvalue weighted by molar-refractivity contribution is 0.256. The molecule has 8 heteroatoms. The highest BCUT2D eigenvalue weighted by Crippen LogP contribution is 2.36. The lowest BCUT2D eigenvalue weighted by Crippen LogP contribution is -2.44. The van der Waals surface area contributed by atoms with Crippen LogP contribution >= 0.6 is 11.8 Å². The summed E-state index contributed by atoms with van der Waals surface area (Å²) in [6, 6.07) is 7.16. The molecule has 2 heterocycles. The van der Waals surface area contributed by atoms with Crippen molar-refractivity contribution in [2.45, 2.75) is 29.6 Å². The van der Waals surface area contributed by atoms with Crippen LogP contribution in [0.2, 0.25) is 0 Å². The van der Waals surface area contributed by atoms with Gasteiger partial charge in [0.2, 0.25) is 11.6 Å². The van der Waals surface area contributed by atoms with Crippen molar-refractivity contribution in [3.63, 3.8) is 0 Å². The van der Waals surface area contributed by atoms with Crippen LogP contribution < -0.4 is 21.9 Å². The van der Waals surface area contributed by atoms with Crippen molar-refractivity contribution in [1.29, 1.82) is 0 Å². The van der Waals surface area contributed by atoms with E-state index in [0.29, 0.717) is 28.0 Å². The Morgan fingerprint density at radius 3 is 2.63 bits per heavy atom. The molecule has 1 fully saturated rings. The topological polar surface area (TPSA) is 94.5 Å². The number of nitrogens with zero attached hydrogens (tertiary/aromatic N) is 4. The molecular formula is C19H24N6OS. The average molecular weight is 385 g/mol. The highest BCUT2D eigenvalue weighted by molar-refractivity contribution is 7.99. The molecule has 0 atom stereocenters. The maximum absolute atomic E-state index is 12.9. The van der Waals surface area contributed by atoms with E-state index in [1.54, 1.807) is 23.7 Å². The van der Waals surface area contributed by atoms with Gasteiger partial charge in [-0.15, -0.1) is 0 Å². The van der Waals surface area contributed by atoms with Gasteiger partial charge in [0.25, 0.3) is 5.56 Å². The van der Waals surface area contributed by atoms with E-state index in [1.165, 1.54) is 11.8 Å². The lowest BCUT2D eigenvalue weighted by atomic mass is 9.81. The standard InChI is InChI=1S/C19H24N6OS/c1-19(12-20)8-10-25(11-9-19)18-23-16(21)15(17(26)24(18)3)27-14-7-5-4-6-13(14)22-2/h4-7H,8-12,20-21H2,1,3H3. The predicted octanol–water partition coefficient (Wildman–Crippen LogP) is 2.63. The minimum atomic E-state index is -0.200. The first-order chi connectivity index (χ1) is 12.9. The van der Waals surface area contributed by atoms with E-state index >= 15 is 0 Å². The van der Waals surface area contributed by atoms with Crippen LogP contribution in [0.3, 0.4) is 0 Å². The Hall–Kier alpha value is -2.50. The summed E-state index contributed by atoms with van der Waals surface area (Å²) in [6.07, 6.45) is 1.91. The molecule has 0 saturated carbocycles. The fourth-order valence-corrected chi connectivity index (χ4v) is 4.12. The number of para-hydroxylation sites is 1. The first-order valence-electron chi connectivity index (χ1n) is 8.84. The van der Waals surface area contributed by atoms with E-state index < -0.39 is 0 Å². The third-order valence-corrected chi connectivity index (χ3v) is 6.35. The summed E-state index contributed by atoms with van der Waals surface area (Å²) in [5.41, 5.74) is 12.5. The van der Waals surface area contributed by atoms with Gasteiger partial charge in [-0.2, -0.15) is 4.98 Å². The van der Waals surface area contributed by atoms with Gasteiger partial charge in [-0.25, -0.2) is 4.85 Å².